The van der Waals surface area contributed by atoms with Crippen molar-refractivity contribution >= 4 is 23.4 Å². The molecular formula is C21H37N3O4. The van der Waals surface area contributed by atoms with Gasteiger partial charge in [0, 0.05) is 44.0 Å². The fourth-order valence-corrected chi connectivity index (χ4v) is 2.87. The zero-order chi connectivity index (χ0) is 21.7. The van der Waals surface area contributed by atoms with E-state index < -0.39 is 12.0 Å². The van der Waals surface area contributed by atoms with Crippen LogP contribution in [0.25, 0.3) is 0 Å². The van der Waals surface area contributed by atoms with Crippen LogP contribution in [-0.4, -0.2) is 42.5 Å². The van der Waals surface area contributed by atoms with E-state index in [2.05, 4.69) is 22.5 Å². The molecule has 0 aliphatic heterocycles. The maximum absolute atomic E-state index is 12.8. The molecule has 7 nitrogen and oxygen atoms in total. The summed E-state index contributed by atoms with van der Waals surface area (Å²) in [7, 11) is 0. The van der Waals surface area contributed by atoms with Gasteiger partial charge in [0.1, 0.15) is 5.78 Å². The maximum atomic E-state index is 12.8. The summed E-state index contributed by atoms with van der Waals surface area (Å²) in [6.07, 6.45) is 2.45. The Hall–Kier alpha value is -2.18. The number of carbonyl (C=O) groups is 4. The van der Waals surface area contributed by atoms with Crippen LogP contribution in [0.2, 0.25) is 0 Å². The second-order valence-electron chi connectivity index (χ2n) is 7.70. The minimum atomic E-state index is -0.566. The summed E-state index contributed by atoms with van der Waals surface area (Å²) in [6, 6.07) is -0.566. The van der Waals surface area contributed by atoms with E-state index in [1.165, 1.54) is 13.8 Å². The zero-order valence-corrected chi connectivity index (χ0v) is 18.0. The third kappa shape index (κ3) is 12.3. The minimum Gasteiger partial charge on any atom is -0.389 e. The Bertz CT molecular complexity index is 558. The summed E-state index contributed by atoms with van der Waals surface area (Å²) < 4.78 is 0. The summed E-state index contributed by atoms with van der Waals surface area (Å²) in [5.74, 6) is -1.17. The molecule has 0 heterocycles. The highest BCUT2D eigenvalue weighted by atomic mass is 16.2. The molecule has 3 N–H and O–H groups in total. The van der Waals surface area contributed by atoms with E-state index in [4.69, 9.17) is 0 Å². The summed E-state index contributed by atoms with van der Waals surface area (Å²) >= 11 is 0. The quantitative estimate of drug-likeness (QED) is 0.368. The molecule has 0 aromatic carbocycles. The van der Waals surface area contributed by atoms with Gasteiger partial charge >= 0.3 is 0 Å². The van der Waals surface area contributed by atoms with Gasteiger partial charge in [-0.3, -0.25) is 14.4 Å². The lowest BCUT2D eigenvalue weighted by Gasteiger charge is -2.23. The first-order valence-corrected chi connectivity index (χ1v) is 10.0. The van der Waals surface area contributed by atoms with Gasteiger partial charge in [0.2, 0.25) is 11.8 Å². The highest BCUT2D eigenvalue weighted by Gasteiger charge is 2.27. The Morgan fingerprint density at radius 2 is 1.46 bits per heavy atom. The predicted molar refractivity (Wildman–Crippen MR) is 111 cm³/mol. The summed E-state index contributed by atoms with van der Waals surface area (Å²) in [4.78, 5) is 47.8. The number of Topliss-reactive ketones (excluding diaryl/α,β-unsaturated/α-hetero) is 2. The summed E-state index contributed by atoms with van der Waals surface area (Å²) in [6.45, 7) is 13.3. The Kier molecular flexibility index (Phi) is 12.8. The lowest BCUT2D eigenvalue weighted by atomic mass is 9.93. The molecule has 0 rings (SSSR count). The van der Waals surface area contributed by atoms with Gasteiger partial charge in [-0.1, -0.05) is 20.4 Å². The van der Waals surface area contributed by atoms with Crippen molar-refractivity contribution in [3.8, 4) is 0 Å². The SMILES string of the molecule is C=C(C)NCCC[C@H](NC(=O)[C@H](CCCNC(C)=O)CC(C)=O)C(=O)C(C)C. The van der Waals surface area contributed by atoms with Crippen molar-refractivity contribution in [1.82, 2.24) is 16.0 Å². The zero-order valence-electron chi connectivity index (χ0n) is 18.0. The first kappa shape index (κ1) is 25.8. The molecular weight excluding hydrogens is 358 g/mol. The largest absolute Gasteiger partial charge is 0.389 e. The fourth-order valence-electron chi connectivity index (χ4n) is 2.87. The number of carbonyl (C=O) groups excluding carboxylic acids is 4. The lowest BCUT2D eigenvalue weighted by Crippen LogP contribution is -2.45. The standard InChI is InChI=1S/C21H37N3O4/c1-14(2)20(27)19(10-8-11-22-15(3)4)24-21(28)18(13-16(5)25)9-7-12-23-17(6)26/h14,18-19,22H,3,7-13H2,1-2,4-6H3,(H,23,26)(H,24,28)/t18-,19+/m1/s1. The Labute approximate surface area is 169 Å². The van der Waals surface area contributed by atoms with E-state index >= 15 is 0 Å². The molecule has 0 aromatic heterocycles. The Balaban J connectivity index is 4.90. The van der Waals surface area contributed by atoms with Crippen molar-refractivity contribution < 1.29 is 19.2 Å². The average molecular weight is 396 g/mol. The highest BCUT2D eigenvalue weighted by Crippen LogP contribution is 2.14. The molecule has 0 aromatic rings. The van der Waals surface area contributed by atoms with Crippen LogP contribution in [0.15, 0.2) is 12.3 Å². The second-order valence-corrected chi connectivity index (χ2v) is 7.70. The number of ketones is 2. The molecule has 0 bridgehead atoms. The van der Waals surface area contributed by atoms with Crippen molar-refractivity contribution in [2.75, 3.05) is 13.1 Å². The molecule has 0 unspecified atom stereocenters. The number of rotatable bonds is 15. The third-order valence-electron chi connectivity index (χ3n) is 4.33. The van der Waals surface area contributed by atoms with Crippen molar-refractivity contribution in [3.05, 3.63) is 12.3 Å². The second kappa shape index (κ2) is 13.9. The van der Waals surface area contributed by atoms with E-state index in [1.54, 1.807) is 0 Å². The number of allylic oxidation sites excluding steroid dienone is 1. The smallest absolute Gasteiger partial charge is 0.224 e. The van der Waals surface area contributed by atoms with Crippen LogP contribution in [0.1, 0.15) is 66.7 Å². The third-order valence-corrected chi connectivity index (χ3v) is 4.33. The summed E-state index contributed by atoms with van der Waals surface area (Å²) in [5, 5.41) is 8.67. The van der Waals surface area contributed by atoms with Crippen LogP contribution in [0.3, 0.4) is 0 Å². The molecule has 0 radical (unpaired) electrons. The van der Waals surface area contributed by atoms with Gasteiger partial charge < -0.3 is 20.7 Å². The molecule has 160 valence electrons. The number of hydrogen-bond donors (Lipinski definition) is 3. The first-order chi connectivity index (χ1) is 13.0. The normalized spacial score (nSPS) is 12.8. The van der Waals surface area contributed by atoms with Gasteiger partial charge in [0.25, 0.3) is 0 Å². The van der Waals surface area contributed by atoms with Gasteiger partial charge in [-0.2, -0.15) is 0 Å². The predicted octanol–water partition coefficient (Wildman–Crippen LogP) is 2.11. The monoisotopic (exact) mass is 395 g/mol. The van der Waals surface area contributed by atoms with Crippen LogP contribution in [0, 0.1) is 11.8 Å². The van der Waals surface area contributed by atoms with Crippen molar-refractivity contribution in [2.45, 2.75) is 72.8 Å². The van der Waals surface area contributed by atoms with Crippen LogP contribution >= 0.6 is 0 Å². The number of nitrogens with one attached hydrogen (secondary N) is 3. The van der Waals surface area contributed by atoms with Gasteiger partial charge in [0.05, 0.1) is 6.04 Å². The van der Waals surface area contributed by atoms with Crippen molar-refractivity contribution in [2.24, 2.45) is 11.8 Å². The van der Waals surface area contributed by atoms with Crippen LogP contribution in [0.4, 0.5) is 0 Å². The molecule has 0 saturated carbocycles. The van der Waals surface area contributed by atoms with E-state index in [9.17, 15) is 19.2 Å². The summed E-state index contributed by atoms with van der Waals surface area (Å²) in [5.41, 5.74) is 0.858. The Morgan fingerprint density at radius 1 is 0.893 bits per heavy atom. The van der Waals surface area contributed by atoms with Gasteiger partial charge in [-0.25, -0.2) is 0 Å². The minimum absolute atomic E-state index is 0.0107. The van der Waals surface area contributed by atoms with Gasteiger partial charge in [-0.15, -0.1) is 0 Å². The maximum Gasteiger partial charge on any atom is 0.224 e. The van der Waals surface area contributed by atoms with E-state index in [0.29, 0.717) is 32.4 Å². The Morgan fingerprint density at radius 3 is 1.96 bits per heavy atom. The van der Waals surface area contributed by atoms with Crippen LogP contribution in [-0.2, 0) is 19.2 Å². The molecule has 0 aliphatic rings. The van der Waals surface area contributed by atoms with E-state index in [-0.39, 0.29) is 35.7 Å². The fraction of sp³-hybridized carbons (Fsp3) is 0.714. The molecule has 0 fully saturated rings. The van der Waals surface area contributed by atoms with Gasteiger partial charge in [0.15, 0.2) is 5.78 Å². The van der Waals surface area contributed by atoms with Crippen molar-refractivity contribution in [3.63, 3.8) is 0 Å². The molecule has 28 heavy (non-hydrogen) atoms. The molecule has 2 amide bonds. The van der Waals surface area contributed by atoms with E-state index in [1.807, 2.05) is 20.8 Å². The topological polar surface area (TPSA) is 104 Å². The molecule has 0 aliphatic carbocycles. The van der Waals surface area contributed by atoms with Crippen LogP contribution in [0.5, 0.6) is 0 Å². The molecule has 7 heteroatoms. The number of amides is 2. The average Bonchev–Trinajstić information content (AvgIpc) is 2.58. The van der Waals surface area contributed by atoms with Crippen LogP contribution < -0.4 is 16.0 Å². The highest BCUT2D eigenvalue weighted by molar-refractivity contribution is 5.92. The first-order valence-electron chi connectivity index (χ1n) is 10.0. The van der Waals surface area contributed by atoms with Crippen molar-refractivity contribution in [1.29, 1.82) is 0 Å². The lowest BCUT2D eigenvalue weighted by molar-refractivity contribution is -0.133. The van der Waals surface area contributed by atoms with E-state index in [0.717, 1.165) is 12.1 Å². The number of hydrogen-bond acceptors (Lipinski definition) is 5. The molecule has 2 atom stereocenters. The molecule has 0 spiro atoms. The molecule has 0 saturated heterocycles. The van der Waals surface area contributed by atoms with Gasteiger partial charge in [-0.05, 0) is 39.5 Å².